The van der Waals surface area contributed by atoms with Gasteiger partial charge in [0.2, 0.25) is 0 Å². The Hall–Kier alpha value is -2.55. The van der Waals surface area contributed by atoms with Crippen LogP contribution in [-0.2, 0) is 13.0 Å². The van der Waals surface area contributed by atoms with Gasteiger partial charge in [0.05, 0.1) is 0 Å². The molecule has 3 heteroatoms. The maximum Gasteiger partial charge on any atom is 0.172 e. The van der Waals surface area contributed by atoms with Crippen molar-refractivity contribution >= 4 is 0 Å². The molecule has 0 aromatic carbocycles. The third kappa shape index (κ3) is 5.25. The summed E-state index contributed by atoms with van der Waals surface area (Å²) in [6.07, 6.45) is 9.31. The van der Waals surface area contributed by atoms with Gasteiger partial charge in [0, 0.05) is 41.3 Å². The van der Waals surface area contributed by atoms with Crippen molar-refractivity contribution in [2.45, 2.75) is 65.3 Å². The van der Waals surface area contributed by atoms with Gasteiger partial charge in [-0.25, -0.2) is 4.57 Å². The van der Waals surface area contributed by atoms with E-state index in [1.807, 2.05) is 19.3 Å². The highest BCUT2D eigenvalue weighted by Crippen LogP contribution is 2.22. The Balaban J connectivity index is 1.70. The van der Waals surface area contributed by atoms with Crippen molar-refractivity contribution < 1.29 is 4.57 Å². The molecule has 0 aliphatic heterocycles. The monoisotopic (exact) mass is 374 g/mol. The first kappa shape index (κ1) is 20.2. The van der Waals surface area contributed by atoms with E-state index in [4.69, 9.17) is 0 Å². The van der Waals surface area contributed by atoms with Crippen LogP contribution in [0.25, 0.3) is 0 Å². The zero-order valence-electron chi connectivity index (χ0n) is 17.8. The Morgan fingerprint density at radius 1 is 0.893 bits per heavy atom. The second-order valence-corrected chi connectivity index (χ2v) is 8.31. The maximum absolute atomic E-state index is 4.62. The van der Waals surface area contributed by atoms with E-state index < -0.39 is 0 Å². The van der Waals surface area contributed by atoms with Crippen LogP contribution in [0.1, 0.15) is 73.5 Å². The predicted molar refractivity (Wildman–Crippen MR) is 114 cm³/mol. The van der Waals surface area contributed by atoms with Crippen molar-refractivity contribution in [3.63, 3.8) is 0 Å². The summed E-state index contributed by atoms with van der Waals surface area (Å²) in [5, 5.41) is 0. The number of pyridine rings is 3. The highest BCUT2D eigenvalue weighted by molar-refractivity contribution is 5.23. The van der Waals surface area contributed by atoms with Crippen LogP contribution >= 0.6 is 0 Å². The molecule has 0 bridgehead atoms. The molecule has 0 amide bonds. The van der Waals surface area contributed by atoms with Crippen LogP contribution in [0.4, 0.5) is 0 Å². The lowest BCUT2D eigenvalue weighted by atomic mass is 9.95. The molecule has 2 atom stereocenters. The molecule has 3 heterocycles. The molecule has 3 rings (SSSR count). The fourth-order valence-electron chi connectivity index (χ4n) is 3.54. The van der Waals surface area contributed by atoms with E-state index in [0.29, 0.717) is 17.8 Å². The van der Waals surface area contributed by atoms with Crippen molar-refractivity contribution in [3.05, 3.63) is 89.3 Å². The first-order valence-corrected chi connectivity index (χ1v) is 10.3. The summed E-state index contributed by atoms with van der Waals surface area (Å²) in [7, 11) is 0. The molecule has 146 valence electrons. The van der Waals surface area contributed by atoms with Crippen molar-refractivity contribution in [1.82, 2.24) is 9.97 Å². The van der Waals surface area contributed by atoms with Gasteiger partial charge in [0.1, 0.15) is 0 Å². The summed E-state index contributed by atoms with van der Waals surface area (Å²) in [5.41, 5.74) is 6.21. The van der Waals surface area contributed by atoms with E-state index in [2.05, 4.69) is 91.0 Å². The molecule has 0 saturated heterocycles. The molecule has 0 aliphatic rings. The van der Waals surface area contributed by atoms with Gasteiger partial charge >= 0.3 is 0 Å². The Kier molecular flexibility index (Phi) is 6.56. The van der Waals surface area contributed by atoms with Crippen molar-refractivity contribution in [2.75, 3.05) is 0 Å². The molecule has 0 aliphatic carbocycles. The normalized spacial score (nSPS) is 13.5. The minimum absolute atomic E-state index is 0.406. The molecular weight excluding hydrogens is 342 g/mol. The van der Waals surface area contributed by atoms with Crippen LogP contribution in [0, 0.1) is 6.92 Å². The molecule has 3 nitrogen and oxygen atoms in total. The van der Waals surface area contributed by atoms with Gasteiger partial charge in [-0.05, 0) is 60.6 Å². The molecule has 0 N–H and O–H groups in total. The largest absolute Gasteiger partial charge is 0.261 e. The van der Waals surface area contributed by atoms with E-state index in [9.17, 15) is 0 Å². The second-order valence-electron chi connectivity index (χ2n) is 8.31. The molecule has 3 aromatic rings. The van der Waals surface area contributed by atoms with Gasteiger partial charge < -0.3 is 0 Å². The molecule has 0 saturated carbocycles. The van der Waals surface area contributed by atoms with Crippen LogP contribution < -0.4 is 4.57 Å². The summed E-state index contributed by atoms with van der Waals surface area (Å²) < 4.78 is 2.31. The van der Waals surface area contributed by atoms with Gasteiger partial charge in [0.25, 0.3) is 0 Å². The predicted octanol–water partition coefficient (Wildman–Crippen LogP) is 5.35. The van der Waals surface area contributed by atoms with Crippen LogP contribution in [0.2, 0.25) is 0 Å². The topological polar surface area (TPSA) is 29.7 Å². The Labute approximate surface area is 169 Å². The first-order chi connectivity index (χ1) is 13.4. The van der Waals surface area contributed by atoms with Crippen molar-refractivity contribution in [1.29, 1.82) is 0 Å². The number of aromatic nitrogens is 3. The minimum atomic E-state index is 0.406. The van der Waals surface area contributed by atoms with E-state index in [-0.39, 0.29) is 0 Å². The Morgan fingerprint density at radius 3 is 2.43 bits per heavy atom. The van der Waals surface area contributed by atoms with Gasteiger partial charge in [-0.1, -0.05) is 33.8 Å². The zero-order valence-corrected chi connectivity index (χ0v) is 17.8. The number of hydrogen-bond acceptors (Lipinski definition) is 2. The highest BCUT2D eigenvalue weighted by atomic mass is 14.9. The van der Waals surface area contributed by atoms with E-state index in [1.54, 1.807) is 0 Å². The molecule has 0 spiro atoms. The van der Waals surface area contributed by atoms with Gasteiger partial charge in [-0.3, -0.25) is 9.97 Å². The summed E-state index contributed by atoms with van der Waals surface area (Å²) in [6, 6.07) is 13.0. The van der Waals surface area contributed by atoms with Crippen LogP contribution in [0.5, 0.6) is 0 Å². The zero-order chi connectivity index (χ0) is 20.1. The van der Waals surface area contributed by atoms with Crippen molar-refractivity contribution in [3.8, 4) is 0 Å². The highest BCUT2D eigenvalue weighted by Gasteiger charge is 2.15. The lowest BCUT2D eigenvalue weighted by Gasteiger charge is -2.14. The summed E-state index contributed by atoms with van der Waals surface area (Å²) in [4.78, 5) is 9.05. The van der Waals surface area contributed by atoms with E-state index in [1.165, 1.54) is 16.7 Å². The molecule has 0 fully saturated rings. The third-order valence-electron chi connectivity index (χ3n) is 5.46. The Bertz CT molecular complexity index is 900. The quantitative estimate of drug-likeness (QED) is 0.522. The maximum atomic E-state index is 4.62. The van der Waals surface area contributed by atoms with Crippen LogP contribution in [0.15, 0.2) is 61.2 Å². The average Bonchev–Trinajstić information content (AvgIpc) is 2.69. The number of hydrogen-bond donors (Lipinski definition) is 0. The van der Waals surface area contributed by atoms with Crippen LogP contribution in [-0.4, -0.2) is 9.97 Å². The average molecular weight is 375 g/mol. The number of nitrogens with zero attached hydrogens (tertiary/aromatic N) is 3. The van der Waals surface area contributed by atoms with E-state index in [0.717, 1.165) is 24.4 Å². The number of aryl methyl sites for hydroxylation is 1. The van der Waals surface area contributed by atoms with Crippen LogP contribution in [0.3, 0.4) is 0 Å². The minimum Gasteiger partial charge on any atom is -0.261 e. The Morgan fingerprint density at radius 2 is 1.71 bits per heavy atom. The molecule has 3 aromatic heterocycles. The molecule has 28 heavy (non-hydrogen) atoms. The van der Waals surface area contributed by atoms with Crippen molar-refractivity contribution in [2.24, 2.45) is 0 Å². The van der Waals surface area contributed by atoms with Gasteiger partial charge in [-0.15, -0.1) is 0 Å². The number of rotatable bonds is 7. The summed E-state index contributed by atoms with van der Waals surface area (Å²) in [5.74, 6) is 1.39. The van der Waals surface area contributed by atoms with E-state index >= 15 is 0 Å². The first-order valence-electron chi connectivity index (χ1n) is 10.3. The SMILES string of the molecule is Cc1ccc(C(C)Cc2cc(C(C)C[n+]3cccc(C(C)C)c3)ccn2)cn1. The smallest absolute Gasteiger partial charge is 0.172 e. The standard InChI is InChI=1S/C25H32N3/c1-18(2)24-7-6-12-28(17-24)16-20(4)22-10-11-26-25(14-22)13-19(3)23-9-8-21(5)27-15-23/h6-12,14-15,17-20H,13,16H2,1-5H3/q+1. The van der Waals surface area contributed by atoms with Gasteiger partial charge in [0.15, 0.2) is 18.9 Å². The fraction of sp³-hybridized carbons (Fsp3) is 0.400. The lowest BCUT2D eigenvalue weighted by molar-refractivity contribution is -0.699. The molecule has 0 radical (unpaired) electrons. The lowest BCUT2D eigenvalue weighted by Crippen LogP contribution is -2.36. The third-order valence-corrected chi connectivity index (χ3v) is 5.46. The second kappa shape index (κ2) is 9.09. The summed E-state index contributed by atoms with van der Waals surface area (Å²) in [6.45, 7) is 12.0. The fourth-order valence-corrected chi connectivity index (χ4v) is 3.54. The molecule has 2 unspecified atom stereocenters. The summed E-state index contributed by atoms with van der Waals surface area (Å²) >= 11 is 0. The molecular formula is C25H32N3+. The van der Waals surface area contributed by atoms with Gasteiger partial charge in [-0.2, -0.15) is 0 Å².